The van der Waals surface area contributed by atoms with Gasteiger partial charge in [0.15, 0.2) is 0 Å². The summed E-state index contributed by atoms with van der Waals surface area (Å²) in [6.07, 6.45) is 1.58. The van der Waals surface area contributed by atoms with E-state index in [1.165, 1.54) is 12.1 Å². The molecule has 1 fully saturated rings. The summed E-state index contributed by atoms with van der Waals surface area (Å²) in [5.74, 6) is -0.184. The van der Waals surface area contributed by atoms with Crippen LogP contribution in [0, 0.1) is 17.1 Å². The van der Waals surface area contributed by atoms with Crippen LogP contribution in [0.25, 0.3) is 11.3 Å². The Balaban J connectivity index is 1.52. The maximum atomic E-state index is 14.0. The Kier molecular flexibility index (Phi) is 7.42. The molecule has 2 N–H and O–H groups in total. The van der Waals surface area contributed by atoms with Crippen molar-refractivity contribution in [3.05, 3.63) is 81.4 Å². The summed E-state index contributed by atoms with van der Waals surface area (Å²) in [5, 5.41) is 13.6. The van der Waals surface area contributed by atoms with Crippen LogP contribution in [0.1, 0.15) is 23.6 Å². The number of nitrogens with one attached hydrogen (secondary N) is 2. The van der Waals surface area contributed by atoms with Crippen LogP contribution in [0.15, 0.2) is 58.4 Å². The lowest BCUT2D eigenvalue weighted by molar-refractivity contribution is 0.132. The fourth-order valence-electron chi connectivity index (χ4n) is 3.94. The number of hydrogen-bond acceptors (Lipinski definition) is 7. The van der Waals surface area contributed by atoms with Crippen molar-refractivity contribution in [2.75, 3.05) is 38.1 Å². The molecule has 0 amide bonds. The Morgan fingerprint density at radius 1 is 1.18 bits per heavy atom. The molecule has 1 aromatic heterocycles. The number of hydrogen-bond donors (Lipinski definition) is 2. The summed E-state index contributed by atoms with van der Waals surface area (Å²) >= 11 is 0. The number of aromatic nitrogens is 2. The van der Waals surface area contributed by atoms with Gasteiger partial charge in [-0.05, 0) is 29.8 Å². The topological polar surface area (TPSA) is 100 Å². The van der Waals surface area contributed by atoms with E-state index in [0.717, 1.165) is 43.9 Å². The van der Waals surface area contributed by atoms with E-state index in [2.05, 4.69) is 37.2 Å². The van der Waals surface area contributed by atoms with Gasteiger partial charge in [-0.2, -0.15) is 10.4 Å². The van der Waals surface area contributed by atoms with Crippen LogP contribution in [-0.4, -0.2) is 58.7 Å². The molecule has 0 saturated carbocycles. The monoisotopic (exact) mass is 459 g/mol. The first-order valence-electron chi connectivity index (χ1n) is 11.2. The van der Waals surface area contributed by atoms with Gasteiger partial charge in [0.05, 0.1) is 11.9 Å². The lowest BCUT2D eigenvalue weighted by Gasteiger charge is -2.34. The molecule has 2 heterocycles. The van der Waals surface area contributed by atoms with Gasteiger partial charge in [-0.3, -0.25) is 14.7 Å². The van der Waals surface area contributed by atoms with Crippen molar-refractivity contribution in [1.29, 1.82) is 5.26 Å². The Labute approximate surface area is 197 Å². The maximum absolute atomic E-state index is 14.0. The van der Waals surface area contributed by atoms with E-state index in [1.807, 2.05) is 24.3 Å². The fourth-order valence-corrected chi connectivity index (χ4v) is 3.94. The van der Waals surface area contributed by atoms with Crippen molar-refractivity contribution >= 4 is 12.2 Å². The van der Waals surface area contributed by atoms with Crippen LogP contribution in [0.2, 0.25) is 0 Å². The van der Waals surface area contributed by atoms with E-state index in [9.17, 15) is 14.4 Å². The van der Waals surface area contributed by atoms with Gasteiger partial charge in [-0.1, -0.05) is 43.3 Å². The zero-order valence-electron chi connectivity index (χ0n) is 19.0. The number of piperazine rings is 1. The van der Waals surface area contributed by atoms with Gasteiger partial charge in [-0.25, -0.2) is 14.8 Å². The number of aromatic amines is 1. The van der Waals surface area contributed by atoms with E-state index in [0.29, 0.717) is 12.1 Å². The number of benzene rings is 2. The van der Waals surface area contributed by atoms with Gasteiger partial charge in [0, 0.05) is 38.3 Å². The van der Waals surface area contributed by atoms with Gasteiger partial charge in [0.25, 0.3) is 5.56 Å². The number of nitriles is 1. The van der Waals surface area contributed by atoms with Crippen molar-refractivity contribution in [3.8, 4) is 17.3 Å². The molecule has 0 spiro atoms. The molecule has 8 nitrogen and oxygen atoms in total. The minimum absolute atomic E-state index is 0.0651. The number of hydrazone groups is 1. The highest BCUT2D eigenvalue weighted by atomic mass is 19.1. The van der Waals surface area contributed by atoms with E-state index in [4.69, 9.17) is 0 Å². The van der Waals surface area contributed by atoms with Crippen molar-refractivity contribution < 1.29 is 4.39 Å². The normalized spacial score (nSPS) is 14.9. The summed E-state index contributed by atoms with van der Waals surface area (Å²) in [6, 6.07) is 15.5. The first-order chi connectivity index (χ1) is 16.6. The van der Waals surface area contributed by atoms with Crippen molar-refractivity contribution in [2.24, 2.45) is 5.10 Å². The SMILES string of the molecule is CCN1CCN(Cc2cc(F)ccc2C=NNc2nc(-c3ccccc3)c(C#N)c(=O)[nH]2)CC1. The van der Waals surface area contributed by atoms with Crippen molar-refractivity contribution in [1.82, 2.24) is 19.8 Å². The summed E-state index contributed by atoms with van der Waals surface area (Å²) in [7, 11) is 0. The highest BCUT2D eigenvalue weighted by Crippen LogP contribution is 2.19. The molecular weight excluding hydrogens is 433 g/mol. The van der Waals surface area contributed by atoms with E-state index in [-0.39, 0.29) is 23.0 Å². The highest BCUT2D eigenvalue weighted by molar-refractivity contribution is 5.82. The number of rotatable bonds is 7. The van der Waals surface area contributed by atoms with E-state index < -0.39 is 5.56 Å². The Morgan fingerprint density at radius 3 is 2.62 bits per heavy atom. The second-order valence-electron chi connectivity index (χ2n) is 8.04. The van der Waals surface area contributed by atoms with Gasteiger partial charge >= 0.3 is 0 Å². The van der Waals surface area contributed by atoms with Gasteiger partial charge in [0.1, 0.15) is 17.4 Å². The van der Waals surface area contributed by atoms with Gasteiger partial charge in [-0.15, -0.1) is 0 Å². The predicted molar refractivity (Wildman–Crippen MR) is 130 cm³/mol. The molecule has 0 atom stereocenters. The minimum atomic E-state index is -0.553. The second-order valence-corrected chi connectivity index (χ2v) is 8.04. The number of halogens is 1. The second kappa shape index (κ2) is 10.8. The van der Waals surface area contributed by atoms with Crippen LogP contribution < -0.4 is 11.0 Å². The molecule has 1 aliphatic rings. The smallest absolute Gasteiger partial charge is 0.270 e. The van der Waals surface area contributed by atoms with Crippen LogP contribution in [-0.2, 0) is 6.54 Å². The van der Waals surface area contributed by atoms with Crippen LogP contribution >= 0.6 is 0 Å². The van der Waals surface area contributed by atoms with Crippen molar-refractivity contribution in [2.45, 2.75) is 13.5 Å². The molecule has 1 saturated heterocycles. The first-order valence-corrected chi connectivity index (χ1v) is 11.2. The van der Waals surface area contributed by atoms with Crippen LogP contribution in [0.5, 0.6) is 0 Å². The maximum Gasteiger partial charge on any atom is 0.270 e. The van der Waals surface area contributed by atoms with Gasteiger partial charge < -0.3 is 4.90 Å². The summed E-state index contributed by atoms with van der Waals surface area (Å²) in [4.78, 5) is 24.0. The molecule has 3 aromatic rings. The van der Waals surface area contributed by atoms with Crippen LogP contribution in [0.3, 0.4) is 0 Å². The summed E-state index contributed by atoms with van der Waals surface area (Å²) in [5.41, 5.74) is 4.65. The number of H-pyrrole nitrogens is 1. The van der Waals surface area contributed by atoms with Crippen LogP contribution in [0.4, 0.5) is 10.3 Å². The molecule has 174 valence electrons. The number of anilines is 1. The highest BCUT2D eigenvalue weighted by Gasteiger charge is 2.17. The zero-order chi connectivity index (χ0) is 23.9. The molecule has 34 heavy (non-hydrogen) atoms. The largest absolute Gasteiger partial charge is 0.301 e. The Morgan fingerprint density at radius 2 is 1.91 bits per heavy atom. The lowest BCUT2D eigenvalue weighted by Crippen LogP contribution is -2.45. The predicted octanol–water partition coefficient (Wildman–Crippen LogP) is 3.03. The average molecular weight is 460 g/mol. The molecule has 4 rings (SSSR count). The molecule has 9 heteroatoms. The number of nitrogens with zero attached hydrogens (tertiary/aromatic N) is 5. The fraction of sp³-hybridized carbons (Fsp3) is 0.280. The third-order valence-corrected chi connectivity index (χ3v) is 5.86. The molecule has 0 radical (unpaired) electrons. The lowest BCUT2D eigenvalue weighted by atomic mass is 10.1. The standard InChI is InChI=1S/C25H26FN7O/c1-2-32-10-12-33(13-11-32)17-20-14-21(26)9-8-19(20)16-28-31-25-29-23(18-6-4-3-5-7-18)22(15-27)24(34)30-25/h3-9,14,16H,2,10-13,17H2,1H3,(H2,29,30,31,34). The Hall–Kier alpha value is -3.87. The van der Waals surface area contributed by atoms with E-state index >= 15 is 0 Å². The quantitative estimate of drug-likeness (QED) is 0.416. The van der Waals surface area contributed by atoms with Gasteiger partial charge in [0.2, 0.25) is 5.95 Å². The average Bonchev–Trinajstić information content (AvgIpc) is 2.86. The molecule has 0 bridgehead atoms. The molecule has 2 aromatic carbocycles. The Bertz CT molecular complexity index is 1260. The van der Waals surface area contributed by atoms with E-state index in [1.54, 1.807) is 24.4 Å². The molecule has 0 aliphatic carbocycles. The summed E-state index contributed by atoms with van der Waals surface area (Å²) < 4.78 is 14.0. The van der Waals surface area contributed by atoms with Crippen molar-refractivity contribution in [3.63, 3.8) is 0 Å². The number of likely N-dealkylation sites (N-methyl/N-ethyl adjacent to an activating group) is 1. The first kappa shape index (κ1) is 23.3. The summed E-state index contributed by atoms with van der Waals surface area (Å²) in [6.45, 7) is 7.67. The molecule has 1 aliphatic heterocycles. The molecule has 0 unspecified atom stereocenters. The zero-order valence-corrected chi connectivity index (χ0v) is 19.0. The third-order valence-electron chi connectivity index (χ3n) is 5.86. The third kappa shape index (κ3) is 5.54. The molecular formula is C25H26FN7O. The minimum Gasteiger partial charge on any atom is -0.301 e.